The van der Waals surface area contributed by atoms with Crippen LogP contribution in [0, 0.1) is 13.8 Å². The average molecular weight is 284 g/mol. The lowest BCUT2D eigenvalue weighted by Crippen LogP contribution is -2.40. The third kappa shape index (κ3) is 2.75. The van der Waals surface area contributed by atoms with Crippen LogP contribution in [0.25, 0.3) is 10.9 Å². The Morgan fingerprint density at radius 1 is 1.33 bits per heavy atom. The molecule has 0 radical (unpaired) electrons. The SMILES string of the molecule is Cc1ccc2c(C(=O)CN3CCCC[C@@H]3C)c(C)[nH]c2c1. The van der Waals surface area contributed by atoms with Crippen molar-refractivity contribution in [3.05, 3.63) is 35.0 Å². The van der Waals surface area contributed by atoms with Gasteiger partial charge < -0.3 is 4.98 Å². The molecule has 3 rings (SSSR count). The van der Waals surface area contributed by atoms with Crippen molar-refractivity contribution in [2.24, 2.45) is 0 Å². The van der Waals surface area contributed by atoms with Gasteiger partial charge in [0.25, 0.3) is 0 Å². The zero-order chi connectivity index (χ0) is 15.0. The monoisotopic (exact) mass is 284 g/mol. The zero-order valence-electron chi connectivity index (χ0n) is 13.2. The Morgan fingerprint density at radius 2 is 2.14 bits per heavy atom. The van der Waals surface area contributed by atoms with Crippen molar-refractivity contribution in [2.75, 3.05) is 13.1 Å². The van der Waals surface area contributed by atoms with Crippen LogP contribution >= 0.6 is 0 Å². The number of rotatable bonds is 3. The summed E-state index contributed by atoms with van der Waals surface area (Å²) in [7, 11) is 0. The van der Waals surface area contributed by atoms with Crippen molar-refractivity contribution in [2.45, 2.75) is 46.1 Å². The number of benzene rings is 1. The fraction of sp³-hybridized carbons (Fsp3) is 0.500. The minimum Gasteiger partial charge on any atom is -0.358 e. The van der Waals surface area contributed by atoms with Crippen molar-refractivity contribution in [1.82, 2.24) is 9.88 Å². The Bertz CT molecular complexity index is 671. The van der Waals surface area contributed by atoms with Crippen LogP contribution in [0.1, 0.15) is 47.8 Å². The van der Waals surface area contributed by atoms with E-state index in [1.165, 1.54) is 24.8 Å². The molecule has 1 saturated heterocycles. The predicted molar refractivity (Wildman–Crippen MR) is 87.0 cm³/mol. The lowest BCUT2D eigenvalue weighted by molar-refractivity contribution is 0.0861. The van der Waals surface area contributed by atoms with Crippen LogP contribution in [0.3, 0.4) is 0 Å². The Labute approximate surface area is 126 Å². The quantitative estimate of drug-likeness (QED) is 0.869. The first-order valence-corrected chi connectivity index (χ1v) is 7.92. The lowest BCUT2D eigenvalue weighted by Gasteiger charge is -2.32. The van der Waals surface area contributed by atoms with E-state index < -0.39 is 0 Å². The molecule has 1 atom stereocenters. The highest BCUT2D eigenvalue weighted by molar-refractivity contribution is 6.10. The summed E-state index contributed by atoms with van der Waals surface area (Å²) in [6, 6.07) is 6.79. The number of ketones is 1. The van der Waals surface area contributed by atoms with Crippen molar-refractivity contribution in [3.63, 3.8) is 0 Å². The van der Waals surface area contributed by atoms with Gasteiger partial charge in [-0.1, -0.05) is 18.6 Å². The van der Waals surface area contributed by atoms with E-state index in [-0.39, 0.29) is 5.78 Å². The lowest BCUT2D eigenvalue weighted by atomic mass is 10.0. The van der Waals surface area contributed by atoms with Crippen LogP contribution in [-0.2, 0) is 0 Å². The number of aromatic amines is 1. The molecule has 0 aliphatic carbocycles. The Kier molecular flexibility index (Phi) is 3.85. The summed E-state index contributed by atoms with van der Waals surface area (Å²) in [5, 5.41) is 1.06. The van der Waals surface area contributed by atoms with E-state index >= 15 is 0 Å². The van der Waals surface area contributed by atoms with Crippen LogP contribution in [0.2, 0.25) is 0 Å². The van der Waals surface area contributed by atoms with Gasteiger partial charge >= 0.3 is 0 Å². The van der Waals surface area contributed by atoms with E-state index in [4.69, 9.17) is 0 Å². The molecule has 1 aliphatic rings. The number of aryl methyl sites for hydroxylation is 2. The molecule has 1 aromatic carbocycles. The van der Waals surface area contributed by atoms with Gasteiger partial charge in [-0.3, -0.25) is 9.69 Å². The number of piperidine rings is 1. The van der Waals surface area contributed by atoms with Gasteiger partial charge in [-0.15, -0.1) is 0 Å². The number of carbonyl (C=O) groups excluding carboxylic acids is 1. The van der Waals surface area contributed by atoms with Gasteiger partial charge in [0.2, 0.25) is 0 Å². The molecule has 21 heavy (non-hydrogen) atoms. The maximum Gasteiger partial charge on any atom is 0.179 e. The number of H-pyrrole nitrogens is 1. The number of nitrogens with zero attached hydrogens (tertiary/aromatic N) is 1. The summed E-state index contributed by atoms with van der Waals surface area (Å²) >= 11 is 0. The van der Waals surface area contributed by atoms with Gasteiger partial charge in [-0.25, -0.2) is 0 Å². The summed E-state index contributed by atoms with van der Waals surface area (Å²) in [6.45, 7) is 7.91. The van der Waals surface area contributed by atoms with Gasteiger partial charge in [0.05, 0.1) is 6.54 Å². The minimum absolute atomic E-state index is 0.247. The van der Waals surface area contributed by atoms with E-state index in [0.29, 0.717) is 12.6 Å². The highest BCUT2D eigenvalue weighted by Crippen LogP contribution is 2.25. The number of hydrogen-bond acceptors (Lipinski definition) is 2. The summed E-state index contributed by atoms with van der Waals surface area (Å²) < 4.78 is 0. The molecule has 0 spiro atoms. The second-order valence-electron chi connectivity index (χ2n) is 6.41. The van der Waals surface area contributed by atoms with E-state index in [1.54, 1.807) is 0 Å². The van der Waals surface area contributed by atoms with Crippen LogP contribution in [0.5, 0.6) is 0 Å². The Balaban J connectivity index is 1.89. The molecule has 1 N–H and O–H groups in total. The maximum absolute atomic E-state index is 12.8. The van der Waals surface area contributed by atoms with Crippen LogP contribution < -0.4 is 0 Å². The van der Waals surface area contributed by atoms with Gasteiger partial charge in [-0.05, 0) is 51.8 Å². The van der Waals surface area contributed by atoms with E-state index in [9.17, 15) is 4.79 Å². The fourth-order valence-corrected chi connectivity index (χ4v) is 3.46. The highest BCUT2D eigenvalue weighted by atomic mass is 16.1. The molecule has 3 nitrogen and oxygen atoms in total. The van der Waals surface area contributed by atoms with Crippen LogP contribution in [0.4, 0.5) is 0 Å². The van der Waals surface area contributed by atoms with E-state index in [1.807, 2.05) is 6.92 Å². The zero-order valence-corrected chi connectivity index (χ0v) is 13.2. The highest BCUT2D eigenvalue weighted by Gasteiger charge is 2.23. The van der Waals surface area contributed by atoms with E-state index in [2.05, 4.69) is 41.9 Å². The first kappa shape index (κ1) is 14.3. The summed E-state index contributed by atoms with van der Waals surface area (Å²) in [5.74, 6) is 0.247. The van der Waals surface area contributed by atoms with Gasteiger partial charge in [0.1, 0.15) is 0 Å². The number of hydrogen-bond donors (Lipinski definition) is 1. The van der Waals surface area contributed by atoms with Crippen LogP contribution in [-0.4, -0.2) is 34.8 Å². The van der Waals surface area contributed by atoms with Crippen molar-refractivity contribution >= 4 is 16.7 Å². The molecule has 2 aromatic rings. The first-order valence-electron chi connectivity index (χ1n) is 7.92. The van der Waals surface area contributed by atoms with Gasteiger partial charge in [0.15, 0.2) is 5.78 Å². The van der Waals surface area contributed by atoms with Gasteiger partial charge in [-0.2, -0.15) is 0 Å². The molecule has 2 heterocycles. The number of likely N-dealkylation sites (tertiary alicyclic amines) is 1. The molecular formula is C18H24N2O. The molecule has 0 bridgehead atoms. The second kappa shape index (κ2) is 5.64. The first-order chi connectivity index (χ1) is 10.1. The normalized spacial score (nSPS) is 20.0. The predicted octanol–water partition coefficient (Wildman–Crippen LogP) is 3.84. The largest absolute Gasteiger partial charge is 0.358 e. The molecule has 0 unspecified atom stereocenters. The fourth-order valence-electron chi connectivity index (χ4n) is 3.46. The van der Waals surface area contributed by atoms with Crippen molar-refractivity contribution < 1.29 is 4.79 Å². The summed E-state index contributed by atoms with van der Waals surface area (Å²) in [5.41, 5.74) is 4.16. The molecule has 1 fully saturated rings. The standard InChI is InChI=1S/C18H24N2O/c1-12-7-8-15-16(10-12)19-14(3)18(15)17(21)11-20-9-5-4-6-13(20)2/h7-8,10,13,19H,4-6,9,11H2,1-3H3/t13-/m0/s1. The topological polar surface area (TPSA) is 36.1 Å². The summed E-state index contributed by atoms with van der Waals surface area (Å²) in [4.78, 5) is 18.5. The second-order valence-corrected chi connectivity index (χ2v) is 6.41. The smallest absolute Gasteiger partial charge is 0.179 e. The molecule has 0 saturated carbocycles. The maximum atomic E-state index is 12.8. The molecule has 1 aliphatic heterocycles. The third-order valence-corrected chi connectivity index (χ3v) is 4.71. The van der Waals surface area contributed by atoms with Gasteiger partial charge in [0, 0.05) is 28.2 Å². The van der Waals surface area contributed by atoms with Crippen molar-refractivity contribution in [3.8, 4) is 0 Å². The van der Waals surface area contributed by atoms with Crippen LogP contribution in [0.15, 0.2) is 18.2 Å². The minimum atomic E-state index is 0.247. The number of aromatic nitrogens is 1. The number of nitrogens with one attached hydrogen (secondary N) is 1. The van der Waals surface area contributed by atoms with E-state index in [0.717, 1.165) is 28.7 Å². The average Bonchev–Trinajstić information content (AvgIpc) is 2.76. The molecule has 3 heteroatoms. The molecule has 0 amide bonds. The number of carbonyl (C=O) groups is 1. The molecule has 1 aromatic heterocycles. The summed E-state index contributed by atoms with van der Waals surface area (Å²) in [6.07, 6.45) is 3.71. The Morgan fingerprint density at radius 3 is 2.90 bits per heavy atom. The number of fused-ring (bicyclic) bond motifs is 1. The number of Topliss-reactive ketones (excluding diaryl/α,β-unsaturated/α-hetero) is 1. The molecule has 112 valence electrons. The third-order valence-electron chi connectivity index (χ3n) is 4.71. The molecular weight excluding hydrogens is 260 g/mol. The van der Waals surface area contributed by atoms with Crippen molar-refractivity contribution in [1.29, 1.82) is 0 Å². The Hall–Kier alpha value is -1.61.